The molecule has 0 bridgehead atoms. The fourth-order valence-electron chi connectivity index (χ4n) is 1.10. The number of ether oxygens (including phenoxy) is 1. The van der Waals surface area contributed by atoms with Crippen molar-refractivity contribution in [1.29, 1.82) is 0 Å². The molecule has 1 rings (SSSR count). The lowest BCUT2D eigenvalue weighted by atomic mass is 9.97. The third-order valence-electron chi connectivity index (χ3n) is 2.14. The minimum absolute atomic E-state index is 0.121. The van der Waals surface area contributed by atoms with Crippen LogP contribution in [0.25, 0.3) is 0 Å². The predicted octanol–water partition coefficient (Wildman–Crippen LogP) is 2.88. The zero-order chi connectivity index (χ0) is 11.3. The van der Waals surface area contributed by atoms with Crippen molar-refractivity contribution in [3.63, 3.8) is 0 Å². The first-order valence-electron chi connectivity index (χ1n) is 4.97. The summed E-state index contributed by atoms with van der Waals surface area (Å²) in [5.74, 6) is 0. The highest BCUT2D eigenvalue weighted by Crippen LogP contribution is 2.18. The van der Waals surface area contributed by atoms with Gasteiger partial charge in [-0.2, -0.15) is 0 Å². The quantitative estimate of drug-likeness (QED) is 0.840. The number of aliphatic hydroxyl groups is 1. The Balaban J connectivity index is 2.42. The molecule has 0 amide bonds. The van der Waals surface area contributed by atoms with Gasteiger partial charge >= 0.3 is 0 Å². The Morgan fingerprint density at radius 1 is 1.33 bits per heavy atom. The molecule has 84 valence electrons. The van der Waals surface area contributed by atoms with Crippen LogP contribution in [0.1, 0.15) is 19.4 Å². The van der Waals surface area contributed by atoms with E-state index in [9.17, 15) is 0 Å². The van der Waals surface area contributed by atoms with Gasteiger partial charge in [-0.05, 0) is 11.6 Å². The van der Waals surface area contributed by atoms with Crippen LogP contribution in [0.15, 0.2) is 24.3 Å². The first kappa shape index (κ1) is 12.5. The van der Waals surface area contributed by atoms with Crippen LogP contribution >= 0.6 is 11.6 Å². The van der Waals surface area contributed by atoms with Crippen molar-refractivity contribution in [2.24, 2.45) is 5.41 Å². The zero-order valence-corrected chi connectivity index (χ0v) is 9.92. The summed E-state index contributed by atoms with van der Waals surface area (Å²) in [6.45, 7) is 5.05. The SMILES string of the molecule is CC(C)(CO)COCc1ccccc1Cl. The molecule has 2 nitrogen and oxygen atoms in total. The molecule has 0 heterocycles. The molecular weight excluding hydrogens is 212 g/mol. The van der Waals surface area contributed by atoms with Crippen LogP contribution in [0.4, 0.5) is 0 Å². The Kier molecular flexibility index (Phi) is 4.58. The van der Waals surface area contributed by atoms with Gasteiger partial charge in [-0.1, -0.05) is 43.6 Å². The maximum atomic E-state index is 9.04. The smallest absolute Gasteiger partial charge is 0.0731 e. The average molecular weight is 229 g/mol. The van der Waals surface area contributed by atoms with E-state index in [4.69, 9.17) is 21.4 Å². The van der Waals surface area contributed by atoms with Crippen LogP contribution in [0.3, 0.4) is 0 Å². The summed E-state index contributed by atoms with van der Waals surface area (Å²) < 4.78 is 5.51. The molecule has 0 fully saturated rings. The molecule has 1 aromatic rings. The third kappa shape index (κ3) is 4.20. The van der Waals surface area contributed by atoms with Crippen LogP contribution in [-0.4, -0.2) is 18.3 Å². The number of rotatable bonds is 5. The fraction of sp³-hybridized carbons (Fsp3) is 0.500. The highest BCUT2D eigenvalue weighted by molar-refractivity contribution is 6.31. The number of benzene rings is 1. The van der Waals surface area contributed by atoms with E-state index in [2.05, 4.69) is 0 Å². The summed E-state index contributed by atoms with van der Waals surface area (Å²) in [6.07, 6.45) is 0. The molecule has 1 aromatic carbocycles. The topological polar surface area (TPSA) is 29.5 Å². The average Bonchev–Trinajstić information content (AvgIpc) is 2.21. The van der Waals surface area contributed by atoms with Gasteiger partial charge in [0.2, 0.25) is 0 Å². The van der Waals surface area contributed by atoms with Crippen molar-refractivity contribution in [3.05, 3.63) is 34.9 Å². The van der Waals surface area contributed by atoms with Crippen LogP contribution in [0.5, 0.6) is 0 Å². The number of halogens is 1. The molecule has 0 atom stereocenters. The van der Waals surface area contributed by atoms with Crippen LogP contribution < -0.4 is 0 Å². The van der Waals surface area contributed by atoms with E-state index < -0.39 is 0 Å². The largest absolute Gasteiger partial charge is 0.396 e. The van der Waals surface area contributed by atoms with E-state index in [1.54, 1.807) is 0 Å². The lowest BCUT2D eigenvalue weighted by Gasteiger charge is -2.21. The van der Waals surface area contributed by atoms with Crippen LogP contribution in [0.2, 0.25) is 5.02 Å². The van der Waals surface area contributed by atoms with E-state index in [1.165, 1.54) is 0 Å². The Morgan fingerprint density at radius 3 is 2.60 bits per heavy atom. The summed E-state index contributed by atoms with van der Waals surface area (Å²) in [5.41, 5.74) is 0.786. The molecule has 0 unspecified atom stereocenters. The number of aliphatic hydroxyl groups excluding tert-OH is 1. The van der Waals surface area contributed by atoms with E-state index >= 15 is 0 Å². The number of hydrogen-bond donors (Lipinski definition) is 1. The van der Waals surface area contributed by atoms with Crippen molar-refractivity contribution < 1.29 is 9.84 Å². The van der Waals surface area contributed by atoms with Crippen molar-refractivity contribution in [1.82, 2.24) is 0 Å². The summed E-state index contributed by atoms with van der Waals surface area (Å²) in [6, 6.07) is 7.61. The normalized spacial score (nSPS) is 11.7. The molecule has 0 saturated heterocycles. The highest BCUT2D eigenvalue weighted by atomic mass is 35.5. The third-order valence-corrected chi connectivity index (χ3v) is 2.50. The number of hydrogen-bond acceptors (Lipinski definition) is 2. The molecule has 0 aromatic heterocycles. The Morgan fingerprint density at radius 2 is 2.00 bits per heavy atom. The molecule has 0 saturated carbocycles. The summed E-state index contributed by atoms with van der Waals surface area (Å²) >= 11 is 5.98. The van der Waals surface area contributed by atoms with Gasteiger partial charge in [-0.25, -0.2) is 0 Å². The summed E-state index contributed by atoms with van der Waals surface area (Å²) in [5, 5.41) is 9.76. The summed E-state index contributed by atoms with van der Waals surface area (Å²) in [4.78, 5) is 0. The highest BCUT2D eigenvalue weighted by Gasteiger charge is 2.16. The van der Waals surface area contributed by atoms with Gasteiger partial charge in [0.25, 0.3) is 0 Å². The van der Waals surface area contributed by atoms with Crippen LogP contribution in [0, 0.1) is 5.41 Å². The van der Waals surface area contributed by atoms with E-state index in [-0.39, 0.29) is 12.0 Å². The second-order valence-corrected chi connectivity index (χ2v) is 4.81. The maximum Gasteiger partial charge on any atom is 0.0731 e. The molecule has 0 aliphatic rings. The van der Waals surface area contributed by atoms with Crippen molar-refractivity contribution in [2.45, 2.75) is 20.5 Å². The monoisotopic (exact) mass is 228 g/mol. The van der Waals surface area contributed by atoms with Gasteiger partial charge in [0.05, 0.1) is 19.8 Å². The predicted molar refractivity (Wildman–Crippen MR) is 62.0 cm³/mol. The van der Waals surface area contributed by atoms with E-state index in [0.717, 1.165) is 10.6 Å². The molecular formula is C12H17ClO2. The first-order valence-corrected chi connectivity index (χ1v) is 5.35. The molecule has 1 N–H and O–H groups in total. The van der Waals surface area contributed by atoms with Gasteiger partial charge < -0.3 is 9.84 Å². The summed E-state index contributed by atoms with van der Waals surface area (Å²) in [7, 11) is 0. The second kappa shape index (κ2) is 5.50. The standard InChI is InChI=1S/C12H17ClO2/c1-12(2,8-14)9-15-7-10-5-3-4-6-11(10)13/h3-6,14H,7-9H2,1-2H3. The maximum absolute atomic E-state index is 9.04. The van der Waals surface area contributed by atoms with Gasteiger partial charge in [0, 0.05) is 10.4 Å². The van der Waals surface area contributed by atoms with Gasteiger partial charge in [-0.15, -0.1) is 0 Å². The van der Waals surface area contributed by atoms with Crippen molar-refractivity contribution in [2.75, 3.05) is 13.2 Å². The lowest BCUT2D eigenvalue weighted by molar-refractivity contribution is 0.0198. The second-order valence-electron chi connectivity index (χ2n) is 4.41. The van der Waals surface area contributed by atoms with E-state index in [1.807, 2.05) is 38.1 Å². The van der Waals surface area contributed by atoms with Gasteiger partial charge in [-0.3, -0.25) is 0 Å². The van der Waals surface area contributed by atoms with Gasteiger partial charge in [0.1, 0.15) is 0 Å². The Hall–Kier alpha value is -0.570. The molecule has 15 heavy (non-hydrogen) atoms. The molecule has 0 aliphatic carbocycles. The van der Waals surface area contributed by atoms with Gasteiger partial charge in [0.15, 0.2) is 0 Å². The molecule has 0 spiro atoms. The minimum atomic E-state index is -0.193. The zero-order valence-electron chi connectivity index (χ0n) is 9.16. The van der Waals surface area contributed by atoms with E-state index in [0.29, 0.717) is 13.2 Å². The lowest BCUT2D eigenvalue weighted by Crippen LogP contribution is -2.23. The molecule has 3 heteroatoms. The van der Waals surface area contributed by atoms with Crippen molar-refractivity contribution in [3.8, 4) is 0 Å². The Bertz CT molecular complexity index is 310. The first-order chi connectivity index (χ1) is 7.05. The Labute approximate surface area is 95.8 Å². The van der Waals surface area contributed by atoms with Crippen LogP contribution in [-0.2, 0) is 11.3 Å². The molecule has 0 radical (unpaired) electrons. The molecule has 0 aliphatic heterocycles. The minimum Gasteiger partial charge on any atom is -0.396 e. The fourth-order valence-corrected chi connectivity index (χ4v) is 1.29. The van der Waals surface area contributed by atoms with Crippen molar-refractivity contribution >= 4 is 11.6 Å².